The van der Waals surface area contributed by atoms with E-state index in [0.29, 0.717) is 11.4 Å². The van der Waals surface area contributed by atoms with E-state index in [1.54, 1.807) is 25.1 Å². The van der Waals surface area contributed by atoms with Gasteiger partial charge in [0.2, 0.25) is 10.0 Å². The highest BCUT2D eigenvalue weighted by atomic mass is 127. The predicted octanol–water partition coefficient (Wildman–Crippen LogP) is 2.91. The average molecular weight is 485 g/mol. The maximum atomic E-state index is 12.2. The summed E-state index contributed by atoms with van der Waals surface area (Å²) in [7, 11) is -3.60. The molecule has 0 radical (unpaired) electrons. The Morgan fingerprint density at radius 2 is 1.85 bits per heavy atom. The quantitative estimate of drug-likeness (QED) is 0.389. The highest BCUT2D eigenvalue weighted by Crippen LogP contribution is 2.18. The van der Waals surface area contributed by atoms with E-state index in [2.05, 4.69) is 33.1 Å². The number of carbonyl (C=O) groups excluding carboxylic acids is 1. The van der Waals surface area contributed by atoms with Crippen LogP contribution in [0.4, 0.5) is 5.69 Å². The van der Waals surface area contributed by atoms with Crippen LogP contribution in [0, 0.1) is 10.5 Å². The largest absolute Gasteiger partial charge is 0.271 e. The molecule has 0 bridgehead atoms. The highest BCUT2D eigenvalue weighted by Gasteiger charge is 2.20. The van der Waals surface area contributed by atoms with Gasteiger partial charge in [0.15, 0.2) is 0 Å². The third-order valence-corrected chi connectivity index (χ3v) is 5.45. The zero-order valence-electron chi connectivity index (χ0n) is 14.7. The summed E-state index contributed by atoms with van der Waals surface area (Å²) in [6.45, 7) is 3.29. The van der Waals surface area contributed by atoms with Crippen LogP contribution in [0.3, 0.4) is 0 Å². The molecule has 0 aromatic heterocycles. The van der Waals surface area contributed by atoms with Gasteiger partial charge in [0.25, 0.3) is 5.91 Å². The monoisotopic (exact) mass is 485 g/mol. The van der Waals surface area contributed by atoms with Crippen LogP contribution in [0.25, 0.3) is 0 Å². The minimum absolute atomic E-state index is 0.342. The number of sulfonamides is 1. The first-order chi connectivity index (χ1) is 12.2. The van der Waals surface area contributed by atoms with Crippen molar-refractivity contribution in [3.05, 3.63) is 63.2 Å². The number of nitrogens with one attached hydrogen (secondary N) is 1. The number of carbonyl (C=O) groups is 1. The summed E-state index contributed by atoms with van der Waals surface area (Å²) in [6.07, 6.45) is 1.07. The Morgan fingerprint density at radius 3 is 2.42 bits per heavy atom. The molecule has 2 aromatic carbocycles. The molecular formula is C18H20IN3O3S. The zero-order valence-corrected chi connectivity index (χ0v) is 17.7. The maximum Gasteiger partial charge on any atom is 0.260 e. The molecule has 2 aromatic rings. The first-order valence-electron chi connectivity index (χ1n) is 7.80. The van der Waals surface area contributed by atoms with Crippen LogP contribution in [0.5, 0.6) is 0 Å². The maximum absolute atomic E-state index is 12.2. The van der Waals surface area contributed by atoms with Crippen LogP contribution in [0.1, 0.15) is 18.1 Å². The summed E-state index contributed by atoms with van der Waals surface area (Å²) in [5, 5.41) is 4.06. The van der Waals surface area contributed by atoms with Gasteiger partial charge >= 0.3 is 0 Å². The first-order valence-corrected chi connectivity index (χ1v) is 10.7. The van der Waals surface area contributed by atoms with Crippen LogP contribution in [0.2, 0.25) is 0 Å². The van der Waals surface area contributed by atoms with Crippen molar-refractivity contribution in [2.75, 3.05) is 17.1 Å². The topological polar surface area (TPSA) is 78.8 Å². The Labute approximate surface area is 167 Å². The molecule has 2 rings (SSSR count). The Kier molecular flexibility index (Phi) is 6.76. The molecule has 0 aliphatic carbocycles. The van der Waals surface area contributed by atoms with Gasteiger partial charge in [0.1, 0.15) is 6.54 Å². The minimum Gasteiger partial charge on any atom is -0.271 e. The van der Waals surface area contributed by atoms with Crippen molar-refractivity contribution >= 4 is 49.9 Å². The third kappa shape index (κ3) is 5.80. The molecule has 0 atom stereocenters. The van der Waals surface area contributed by atoms with Gasteiger partial charge in [-0.25, -0.2) is 13.8 Å². The molecule has 6 nitrogen and oxygen atoms in total. The molecule has 138 valence electrons. The number of nitrogens with zero attached hydrogens (tertiary/aromatic N) is 2. The average Bonchev–Trinajstić information content (AvgIpc) is 2.57. The normalized spacial score (nSPS) is 11.9. The van der Waals surface area contributed by atoms with Crippen LogP contribution in [-0.2, 0) is 14.8 Å². The van der Waals surface area contributed by atoms with E-state index in [4.69, 9.17) is 0 Å². The Hall–Kier alpha value is -1.94. The fraction of sp³-hybridized carbons (Fsp3) is 0.222. The minimum atomic E-state index is -3.60. The van der Waals surface area contributed by atoms with E-state index >= 15 is 0 Å². The summed E-state index contributed by atoms with van der Waals surface area (Å²) in [5.74, 6) is -0.512. The molecule has 0 unspecified atom stereocenters. The molecular weight excluding hydrogens is 465 g/mol. The number of anilines is 1. The second-order valence-corrected chi connectivity index (χ2v) is 9.00. The molecule has 0 heterocycles. The lowest BCUT2D eigenvalue weighted by Crippen LogP contribution is -2.39. The fourth-order valence-corrected chi connectivity index (χ4v) is 3.46. The van der Waals surface area contributed by atoms with E-state index in [1.807, 2.05) is 37.3 Å². The van der Waals surface area contributed by atoms with Crippen molar-refractivity contribution in [1.29, 1.82) is 0 Å². The fourth-order valence-electron chi connectivity index (χ4n) is 2.25. The van der Waals surface area contributed by atoms with Crippen molar-refractivity contribution in [3.63, 3.8) is 0 Å². The van der Waals surface area contributed by atoms with Crippen molar-refractivity contribution < 1.29 is 13.2 Å². The van der Waals surface area contributed by atoms with Crippen LogP contribution in [-0.4, -0.2) is 32.8 Å². The van der Waals surface area contributed by atoms with Crippen LogP contribution in [0.15, 0.2) is 53.6 Å². The smallest absolute Gasteiger partial charge is 0.260 e. The van der Waals surface area contributed by atoms with E-state index < -0.39 is 15.9 Å². The van der Waals surface area contributed by atoms with Gasteiger partial charge in [0, 0.05) is 3.57 Å². The lowest BCUT2D eigenvalue weighted by molar-refractivity contribution is -0.119. The summed E-state index contributed by atoms with van der Waals surface area (Å²) in [5.41, 5.74) is 5.29. The molecule has 8 heteroatoms. The lowest BCUT2D eigenvalue weighted by Gasteiger charge is -2.21. The number of benzene rings is 2. The van der Waals surface area contributed by atoms with Gasteiger partial charge in [-0.1, -0.05) is 24.3 Å². The number of halogens is 1. The van der Waals surface area contributed by atoms with Gasteiger partial charge in [-0.3, -0.25) is 9.10 Å². The van der Waals surface area contributed by atoms with E-state index in [-0.39, 0.29) is 6.54 Å². The molecule has 0 saturated heterocycles. The second kappa shape index (κ2) is 8.63. The molecule has 1 N–H and O–H groups in total. The van der Waals surface area contributed by atoms with E-state index in [9.17, 15) is 13.2 Å². The molecule has 0 aliphatic rings. The molecule has 0 fully saturated rings. The van der Waals surface area contributed by atoms with Crippen molar-refractivity contribution in [1.82, 2.24) is 5.43 Å². The first kappa shape index (κ1) is 20.4. The van der Waals surface area contributed by atoms with Gasteiger partial charge in [-0.2, -0.15) is 5.10 Å². The number of amides is 1. The van der Waals surface area contributed by atoms with Crippen molar-refractivity contribution in [2.45, 2.75) is 13.8 Å². The summed E-state index contributed by atoms with van der Waals surface area (Å²) in [6, 6.07) is 14.7. The number of hydrazone groups is 1. The Morgan fingerprint density at radius 1 is 1.19 bits per heavy atom. The van der Waals surface area contributed by atoms with E-state index in [1.165, 1.54) is 0 Å². The third-order valence-electron chi connectivity index (χ3n) is 3.59. The molecule has 0 spiro atoms. The number of hydrogen-bond acceptors (Lipinski definition) is 4. The van der Waals surface area contributed by atoms with E-state index in [0.717, 1.165) is 25.3 Å². The number of rotatable bonds is 6. The van der Waals surface area contributed by atoms with Crippen molar-refractivity contribution in [2.24, 2.45) is 5.10 Å². The zero-order chi connectivity index (χ0) is 19.3. The molecule has 1 amide bonds. The number of hydrogen-bond donors (Lipinski definition) is 1. The summed E-state index contributed by atoms with van der Waals surface area (Å²) >= 11 is 2.21. The van der Waals surface area contributed by atoms with Gasteiger partial charge < -0.3 is 0 Å². The van der Waals surface area contributed by atoms with Crippen LogP contribution < -0.4 is 9.73 Å². The lowest BCUT2D eigenvalue weighted by atomic mass is 10.1. The van der Waals surface area contributed by atoms with Gasteiger partial charge in [0.05, 0.1) is 17.7 Å². The second-order valence-electron chi connectivity index (χ2n) is 5.85. The predicted molar refractivity (Wildman–Crippen MR) is 113 cm³/mol. The highest BCUT2D eigenvalue weighted by molar-refractivity contribution is 14.1. The standard InChI is InChI=1S/C18H20IN3O3S/c1-13-5-4-6-17(11-13)22(26(3,24)25)12-18(23)21-20-14(2)15-7-9-16(19)10-8-15/h4-11H,12H2,1-3H3,(H,21,23)/b20-14+. The number of aryl methyl sites for hydroxylation is 1. The Balaban J connectivity index is 2.12. The Bertz CT molecular complexity index is 925. The summed E-state index contributed by atoms with van der Waals surface area (Å²) < 4.78 is 26.3. The molecule has 0 aliphatic heterocycles. The van der Waals surface area contributed by atoms with Gasteiger partial charge in [-0.15, -0.1) is 0 Å². The molecule has 0 saturated carbocycles. The summed E-state index contributed by atoms with van der Waals surface area (Å²) in [4.78, 5) is 12.2. The SMILES string of the molecule is C/C(=N\NC(=O)CN(c1cccc(C)c1)S(C)(=O)=O)c1ccc(I)cc1. The van der Waals surface area contributed by atoms with Crippen molar-refractivity contribution in [3.8, 4) is 0 Å². The molecule has 26 heavy (non-hydrogen) atoms. The van der Waals surface area contributed by atoms with Gasteiger partial charge in [-0.05, 0) is 71.8 Å². The van der Waals surface area contributed by atoms with Crippen LogP contribution >= 0.6 is 22.6 Å².